The molecule has 0 spiro atoms. The van der Waals surface area contributed by atoms with Gasteiger partial charge >= 0.3 is 5.97 Å². The number of halogens is 1. The molecule has 0 saturated carbocycles. The highest BCUT2D eigenvalue weighted by atomic mass is 35.5. The minimum absolute atomic E-state index is 0.287. The number of rotatable bonds is 5. The van der Waals surface area contributed by atoms with Gasteiger partial charge in [0.15, 0.2) is 12.4 Å². The number of nitrogens with one attached hydrogen (secondary N) is 1. The standard InChI is InChI=1S/C21H14ClN3O4/c22-15-7-9-18(23-11-15)24-19(26)12-28-21(27)14-6-8-17-16(10-14)20(29-25-17)13-4-2-1-3-5-13/h1-11H,12H2,(H,23,24,26). The molecule has 0 unspecified atom stereocenters. The second kappa shape index (κ2) is 8.12. The molecule has 0 radical (unpaired) electrons. The fraction of sp³-hybridized carbons (Fsp3) is 0.0476. The first-order valence-corrected chi connectivity index (χ1v) is 9.01. The lowest BCUT2D eigenvalue weighted by Crippen LogP contribution is -2.21. The van der Waals surface area contributed by atoms with E-state index in [9.17, 15) is 9.59 Å². The molecule has 1 N–H and O–H groups in total. The minimum atomic E-state index is -0.633. The van der Waals surface area contributed by atoms with Crippen LogP contribution in [0.3, 0.4) is 0 Å². The highest BCUT2D eigenvalue weighted by Gasteiger charge is 2.16. The maximum Gasteiger partial charge on any atom is 0.338 e. The smallest absolute Gasteiger partial charge is 0.338 e. The first-order chi connectivity index (χ1) is 14.1. The average molecular weight is 408 g/mol. The van der Waals surface area contributed by atoms with Gasteiger partial charge in [0.25, 0.3) is 5.91 Å². The van der Waals surface area contributed by atoms with Crippen LogP contribution >= 0.6 is 11.6 Å². The van der Waals surface area contributed by atoms with E-state index in [-0.39, 0.29) is 5.56 Å². The Morgan fingerprint density at radius 1 is 1.07 bits per heavy atom. The van der Waals surface area contributed by atoms with Crippen LogP contribution in [-0.4, -0.2) is 28.6 Å². The van der Waals surface area contributed by atoms with Crippen molar-refractivity contribution in [2.24, 2.45) is 0 Å². The van der Waals surface area contributed by atoms with E-state index in [0.29, 0.717) is 27.5 Å². The number of ether oxygens (including phenoxy) is 1. The molecule has 0 aliphatic rings. The Morgan fingerprint density at radius 3 is 2.66 bits per heavy atom. The first kappa shape index (κ1) is 18.6. The number of anilines is 1. The summed E-state index contributed by atoms with van der Waals surface area (Å²) in [4.78, 5) is 28.3. The highest BCUT2D eigenvalue weighted by molar-refractivity contribution is 6.30. The number of esters is 1. The van der Waals surface area contributed by atoms with E-state index >= 15 is 0 Å². The number of nitrogens with zero attached hydrogens (tertiary/aromatic N) is 2. The lowest BCUT2D eigenvalue weighted by molar-refractivity contribution is -0.119. The molecule has 0 atom stereocenters. The molecule has 2 heterocycles. The van der Waals surface area contributed by atoms with Crippen LogP contribution in [0, 0.1) is 0 Å². The van der Waals surface area contributed by atoms with Crippen molar-refractivity contribution in [1.29, 1.82) is 0 Å². The molecule has 0 bridgehead atoms. The number of fused-ring (bicyclic) bond motifs is 1. The molecule has 4 rings (SSSR count). The van der Waals surface area contributed by atoms with Gasteiger partial charge in [0, 0.05) is 11.8 Å². The van der Waals surface area contributed by atoms with Crippen LogP contribution in [0.5, 0.6) is 0 Å². The summed E-state index contributed by atoms with van der Waals surface area (Å²) < 4.78 is 10.5. The third-order valence-corrected chi connectivity index (χ3v) is 4.30. The van der Waals surface area contributed by atoms with Crippen molar-refractivity contribution in [2.45, 2.75) is 0 Å². The number of aromatic nitrogens is 2. The summed E-state index contributed by atoms with van der Waals surface area (Å²) in [7, 11) is 0. The fourth-order valence-electron chi connectivity index (χ4n) is 2.71. The molecule has 4 aromatic rings. The Kier molecular flexibility index (Phi) is 5.22. The third-order valence-electron chi connectivity index (χ3n) is 4.08. The van der Waals surface area contributed by atoms with E-state index in [0.717, 1.165) is 5.56 Å². The van der Waals surface area contributed by atoms with E-state index in [1.807, 2.05) is 30.3 Å². The maximum absolute atomic E-state index is 12.4. The molecule has 8 heteroatoms. The number of carbonyl (C=O) groups excluding carboxylic acids is 2. The molecular weight excluding hydrogens is 394 g/mol. The summed E-state index contributed by atoms with van der Waals surface area (Å²) in [6, 6.07) is 17.5. The van der Waals surface area contributed by atoms with Crippen molar-refractivity contribution < 1.29 is 18.8 Å². The lowest BCUT2D eigenvalue weighted by Gasteiger charge is -2.06. The van der Waals surface area contributed by atoms with Crippen LogP contribution in [-0.2, 0) is 9.53 Å². The number of amides is 1. The topological polar surface area (TPSA) is 94.3 Å². The van der Waals surface area contributed by atoms with E-state index in [1.165, 1.54) is 6.20 Å². The quantitative estimate of drug-likeness (QED) is 0.494. The molecule has 2 aromatic carbocycles. The zero-order valence-electron chi connectivity index (χ0n) is 15.0. The van der Waals surface area contributed by atoms with Crippen LogP contribution in [0.2, 0.25) is 5.02 Å². The average Bonchev–Trinajstić information content (AvgIpc) is 3.17. The van der Waals surface area contributed by atoms with Crippen LogP contribution in [0.15, 0.2) is 71.4 Å². The Bertz CT molecular complexity index is 1170. The zero-order valence-corrected chi connectivity index (χ0v) is 15.7. The normalized spacial score (nSPS) is 10.7. The predicted octanol–water partition coefficient (Wildman–Crippen LogP) is 4.34. The second-order valence-electron chi connectivity index (χ2n) is 6.10. The molecule has 2 aromatic heterocycles. The van der Waals surface area contributed by atoms with E-state index in [4.69, 9.17) is 20.9 Å². The molecule has 0 aliphatic carbocycles. The van der Waals surface area contributed by atoms with Gasteiger partial charge in [-0.05, 0) is 30.3 Å². The molecule has 0 fully saturated rings. The van der Waals surface area contributed by atoms with Crippen molar-refractivity contribution in [3.63, 3.8) is 0 Å². The van der Waals surface area contributed by atoms with E-state index in [1.54, 1.807) is 30.3 Å². The summed E-state index contributed by atoms with van der Waals surface area (Å²) in [6.45, 7) is -0.448. The zero-order chi connectivity index (χ0) is 20.2. The molecule has 7 nitrogen and oxygen atoms in total. The van der Waals surface area contributed by atoms with Gasteiger partial charge < -0.3 is 14.6 Å². The largest absolute Gasteiger partial charge is 0.452 e. The molecule has 0 saturated heterocycles. The summed E-state index contributed by atoms with van der Waals surface area (Å²) in [5.74, 6) is -0.272. The van der Waals surface area contributed by atoms with Crippen LogP contribution in [0.4, 0.5) is 5.82 Å². The maximum atomic E-state index is 12.4. The van der Waals surface area contributed by atoms with E-state index < -0.39 is 18.5 Å². The number of hydrogen-bond donors (Lipinski definition) is 1. The summed E-state index contributed by atoms with van der Waals surface area (Å²) in [5, 5.41) is 7.67. The van der Waals surface area contributed by atoms with Gasteiger partial charge in [-0.2, -0.15) is 0 Å². The summed E-state index contributed by atoms with van der Waals surface area (Å²) in [5.41, 5.74) is 1.75. The minimum Gasteiger partial charge on any atom is -0.452 e. The SMILES string of the molecule is O=C(COC(=O)c1ccc2noc(-c3ccccc3)c2c1)Nc1ccc(Cl)cn1. The Labute approximate surface area is 170 Å². The van der Waals surface area contributed by atoms with Gasteiger partial charge in [0.1, 0.15) is 11.3 Å². The molecule has 0 aliphatic heterocycles. The lowest BCUT2D eigenvalue weighted by atomic mass is 10.1. The molecule has 144 valence electrons. The van der Waals surface area contributed by atoms with Gasteiger partial charge in [-0.15, -0.1) is 0 Å². The number of carbonyl (C=O) groups is 2. The first-order valence-electron chi connectivity index (χ1n) is 8.63. The number of hydrogen-bond acceptors (Lipinski definition) is 6. The number of pyridine rings is 1. The fourth-order valence-corrected chi connectivity index (χ4v) is 2.82. The Hall–Kier alpha value is -3.71. The van der Waals surface area contributed by atoms with Crippen LogP contribution in [0.1, 0.15) is 10.4 Å². The second-order valence-corrected chi connectivity index (χ2v) is 6.53. The van der Waals surface area contributed by atoms with Gasteiger partial charge in [-0.25, -0.2) is 9.78 Å². The highest BCUT2D eigenvalue weighted by Crippen LogP contribution is 2.29. The molecular formula is C21H14ClN3O4. The molecule has 29 heavy (non-hydrogen) atoms. The van der Waals surface area contributed by atoms with Crippen molar-refractivity contribution in [2.75, 3.05) is 11.9 Å². The third kappa shape index (κ3) is 4.25. The van der Waals surface area contributed by atoms with Crippen LogP contribution in [0.25, 0.3) is 22.2 Å². The summed E-state index contributed by atoms with van der Waals surface area (Å²) >= 11 is 5.75. The van der Waals surface area contributed by atoms with Gasteiger partial charge in [-0.3, -0.25) is 4.79 Å². The molecule has 1 amide bonds. The summed E-state index contributed by atoms with van der Waals surface area (Å²) in [6.07, 6.45) is 1.40. The Balaban J connectivity index is 1.46. The van der Waals surface area contributed by atoms with Crippen molar-refractivity contribution in [3.8, 4) is 11.3 Å². The van der Waals surface area contributed by atoms with Gasteiger partial charge in [0.05, 0.1) is 16.0 Å². The van der Waals surface area contributed by atoms with Crippen molar-refractivity contribution >= 4 is 40.2 Å². The van der Waals surface area contributed by atoms with E-state index in [2.05, 4.69) is 15.5 Å². The number of benzene rings is 2. The predicted molar refractivity (Wildman–Crippen MR) is 108 cm³/mol. The van der Waals surface area contributed by atoms with Crippen molar-refractivity contribution in [3.05, 3.63) is 77.4 Å². The van der Waals surface area contributed by atoms with Gasteiger partial charge in [-0.1, -0.05) is 47.1 Å². The Morgan fingerprint density at radius 2 is 1.90 bits per heavy atom. The van der Waals surface area contributed by atoms with Gasteiger partial charge in [0.2, 0.25) is 0 Å². The van der Waals surface area contributed by atoms with Crippen LogP contribution < -0.4 is 5.32 Å². The van der Waals surface area contributed by atoms with Crippen molar-refractivity contribution in [1.82, 2.24) is 10.1 Å². The monoisotopic (exact) mass is 407 g/mol.